The van der Waals surface area contributed by atoms with Crippen LogP contribution in [0.1, 0.15) is 12.1 Å². The maximum absolute atomic E-state index is 9.94. The number of methoxy groups -OCH3 is 1. The number of nitrogens with zero attached hydrogens (tertiary/aromatic N) is 1. The third-order valence-corrected chi connectivity index (χ3v) is 4.75. The van der Waals surface area contributed by atoms with Crippen molar-refractivity contribution in [3.05, 3.63) is 64.3 Å². The summed E-state index contributed by atoms with van der Waals surface area (Å²) in [5, 5.41) is 21.9. The normalized spacial score (nSPS) is 15.0. The zero-order valence-electron chi connectivity index (χ0n) is 13.5. The Bertz CT molecular complexity index is 975. The van der Waals surface area contributed by atoms with E-state index in [2.05, 4.69) is 24.3 Å². The van der Waals surface area contributed by atoms with Crippen LogP contribution in [0.15, 0.2) is 48.1 Å². The van der Waals surface area contributed by atoms with Gasteiger partial charge in [0, 0.05) is 10.8 Å². The van der Waals surface area contributed by atoms with Crippen molar-refractivity contribution in [3.8, 4) is 16.9 Å². The molecule has 1 heterocycles. The van der Waals surface area contributed by atoms with Gasteiger partial charge in [-0.1, -0.05) is 30.4 Å². The zero-order valence-corrected chi connectivity index (χ0v) is 13.5. The fourth-order valence-corrected chi connectivity index (χ4v) is 3.66. The first kappa shape index (κ1) is 15.0. The molecule has 0 fully saturated rings. The molecule has 24 heavy (non-hydrogen) atoms. The third-order valence-electron chi connectivity index (χ3n) is 4.75. The monoisotopic (exact) mass is 321 g/mol. The van der Waals surface area contributed by atoms with E-state index >= 15 is 0 Å². The van der Waals surface area contributed by atoms with Crippen molar-refractivity contribution in [2.45, 2.75) is 19.8 Å². The first-order valence-corrected chi connectivity index (χ1v) is 7.98. The van der Waals surface area contributed by atoms with Gasteiger partial charge in [0.15, 0.2) is 0 Å². The highest BCUT2D eigenvalue weighted by Gasteiger charge is 2.23. The van der Waals surface area contributed by atoms with Crippen molar-refractivity contribution in [3.63, 3.8) is 0 Å². The number of ether oxygens (including phenoxy) is 1. The number of hydrogen-bond acceptors (Lipinski definition) is 3. The molecule has 2 aliphatic carbocycles. The van der Waals surface area contributed by atoms with Crippen molar-refractivity contribution in [2.24, 2.45) is 0 Å². The highest BCUT2D eigenvalue weighted by Crippen LogP contribution is 2.28. The van der Waals surface area contributed by atoms with Gasteiger partial charge < -0.3 is 19.5 Å². The molecule has 122 valence electrons. The van der Waals surface area contributed by atoms with Crippen molar-refractivity contribution in [1.29, 1.82) is 0 Å². The lowest BCUT2D eigenvalue weighted by Crippen LogP contribution is -2.29. The Morgan fingerprint density at radius 2 is 1.96 bits per heavy atom. The number of aromatic nitrogens is 1. The van der Waals surface area contributed by atoms with Gasteiger partial charge in [0.05, 0.1) is 24.8 Å². The van der Waals surface area contributed by atoms with Gasteiger partial charge >= 0.3 is 0 Å². The van der Waals surface area contributed by atoms with E-state index in [1.807, 2.05) is 28.8 Å². The Labute approximate surface area is 139 Å². The lowest BCUT2D eigenvalue weighted by atomic mass is 10.0. The predicted octanol–water partition coefficient (Wildman–Crippen LogP) is 1.44. The van der Waals surface area contributed by atoms with Gasteiger partial charge in [-0.05, 0) is 41.3 Å². The molecule has 0 aliphatic heterocycles. The molecule has 0 saturated heterocycles. The minimum Gasteiger partial charge on any atom is -0.497 e. The average molecular weight is 321 g/mol. The smallest absolute Gasteiger partial charge is 0.120 e. The van der Waals surface area contributed by atoms with Crippen LogP contribution in [0, 0.1) is 0 Å². The van der Waals surface area contributed by atoms with Crippen LogP contribution in [-0.4, -0.2) is 21.9 Å². The second kappa shape index (κ2) is 5.82. The van der Waals surface area contributed by atoms with E-state index in [1.165, 1.54) is 11.1 Å². The van der Waals surface area contributed by atoms with Crippen molar-refractivity contribution < 1.29 is 14.9 Å². The number of aliphatic hydroxyl groups excluding tert-OH is 2. The second-order valence-electron chi connectivity index (χ2n) is 5.92. The molecule has 0 unspecified atom stereocenters. The molecule has 0 radical (unpaired) electrons. The van der Waals surface area contributed by atoms with E-state index in [0.29, 0.717) is 0 Å². The largest absolute Gasteiger partial charge is 0.497 e. The van der Waals surface area contributed by atoms with Crippen LogP contribution in [0.2, 0.25) is 0 Å². The number of benzene rings is 1. The number of fused-ring (bicyclic) bond motifs is 2. The summed E-state index contributed by atoms with van der Waals surface area (Å²) in [6, 6.07) is 7.80. The molecule has 1 aromatic carbocycles. The highest BCUT2D eigenvalue weighted by atomic mass is 16.5. The van der Waals surface area contributed by atoms with Gasteiger partial charge in [0.25, 0.3) is 0 Å². The molecule has 4 rings (SSSR count). The Morgan fingerprint density at radius 1 is 1.17 bits per heavy atom. The number of hydrogen-bond donors (Lipinski definition) is 2. The fraction of sp³-hybridized carbons (Fsp3) is 0.200. The summed E-state index contributed by atoms with van der Waals surface area (Å²) >= 11 is 0. The summed E-state index contributed by atoms with van der Waals surface area (Å²) < 4.78 is 7.05. The number of rotatable bonds is 4. The summed E-state index contributed by atoms with van der Waals surface area (Å²) in [4.78, 5) is 0. The molecule has 0 atom stereocenters. The van der Waals surface area contributed by atoms with E-state index in [9.17, 15) is 10.2 Å². The van der Waals surface area contributed by atoms with Crippen LogP contribution >= 0.6 is 0 Å². The summed E-state index contributed by atoms with van der Waals surface area (Å²) in [5.41, 5.74) is 5.12. The van der Waals surface area contributed by atoms with E-state index < -0.39 is 0 Å². The van der Waals surface area contributed by atoms with Gasteiger partial charge in [-0.3, -0.25) is 0 Å². The quantitative estimate of drug-likeness (QED) is 0.896. The molecular weight excluding hydrogens is 302 g/mol. The van der Waals surface area contributed by atoms with Gasteiger partial charge in [0.2, 0.25) is 0 Å². The van der Waals surface area contributed by atoms with E-state index in [0.717, 1.165) is 39.6 Å². The summed E-state index contributed by atoms with van der Waals surface area (Å²) in [6.07, 6.45) is 9.26. The molecule has 0 bridgehead atoms. The molecule has 2 aromatic rings. The Kier molecular flexibility index (Phi) is 3.63. The van der Waals surface area contributed by atoms with Gasteiger partial charge in [-0.2, -0.15) is 0 Å². The van der Waals surface area contributed by atoms with Crippen LogP contribution in [0.4, 0.5) is 0 Å². The second-order valence-corrected chi connectivity index (χ2v) is 5.92. The summed E-state index contributed by atoms with van der Waals surface area (Å²) in [6.45, 7) is -0.270. The first-order chi connectivity index (χ1) is 11.8. The SMILES string of the molecule is COc1ccc(-c2c(CO)n(CO)c3c2=CC2=CC=CCC=32)cc1. The molecule has 4 nitrogen and oxygen atoms in total. The van der Waals surface area contributed by atoms with Crippen LogP contribution in [0.25, 0.3) is 22.8 Å². The Balaban J connectivity index is 2.04. The van der Waals surface area contributed by atoms with Gasteiger partial charge in [0.1, 0.15) is 12.5 Å². The Hall–Kier alpha value is -2.56. The molecule has 0 spiro atoms. The van der Waals surface area contributed by atoms with Crippen LogP contribution in [0.3, 0.4) is 0 Å². The van der Waals surface area contributed by atoms with E-state index in [1.54, 1.807) is 7.11 Å². The van der Waals surface area contributed by atoms with Gasteiger partial charge in [-0.25, -0.2) is 0 Å². The lowest BCUT2D eigenvalue weighted by molar-refractivity contribution is 0.190. The maximum Gasteiger partial charge on any atom is 0.120 e. The van der Waals surface area contributed by atoms with Crippen molar-refractivity contribution in [1.82, 2.24) is 4.57 Å². The molecule has 0 amide bonds. The van der Waals surface area contributed by atoms with Crippen LogP contribution < -0.4 is 15.3 Å². The molecule has 4 heteroatoms. The number of aliphatic hydroxyl groups is 2. The highest BCUT2D eigenvalue weighted by molar-refractivity contribution is 5.87. The molecule has 0 saturated carbocycles. The molecule has 2 N–H and O–H groups in total. The van der Waals surface area contributed by atoms with Gasteiger partial charge in [-0.15, -0.1) is 0 Å². The molecule has 2 aliphatic rings. The third kappa shape index (κ3) is 2.08. The van der Waals surface area contributed by atoms with Crippen LogP contribution in [0.5, 0.6) is 5.75 Å². The predicted molar refractivity (Wildman–Crippen MR) is 93.5 cm³/mol. The summed E-state index contributed by atoms with van der Waals surface area (Å²) in [5.74, 6) is 0.793. The Morgan fingerprint density at radius 3 is 2.62 bits per heavy atom. The van der Waals surface area contributed by atoms with Crippen molar-refractivity contribution >= 4 is 11.6 Å². The van der Waals surface area contributed by atoms with E-state index in [-0.39, 0.29) is 13.3 Å². The van der Waals surface area contributed by atoms with Crippen molar-refractivity contribution in [2.75, 3.05) is 7.11 Å². The standard InChI is InChI=1S/C20H19NO3/c1-24-15-8-6-13(7-9-15)19-17-10-14-4-2-3-5-16(14)20(17)21(12-23)18(19)11-22/h2-4,6-10,22-23H,5,11-12H2,1H3. The van der Waals surface area contributed by atoms with Crippen LogP contribution in [-0.2, 0) is 13.3 Å². The fourth-order valence-electron chi connectivity index (χ4n) is 3.66. The maximum atomic E-state index is 9.94. The first-order valence-electron chi connectivity index (χ1n) is 7.98. The molecule has 1 aromatic heterocycles. The lowest BCUT2D eigenvalue weighted by Gasteiger charge is -2.11. The minimum atomic E-state index is -0.150. The summed E-state index contributed by atoms with van der Waals surface area (Å²) in [7, 11) is 1.64. The number of allylic oxidation sites excluding steroid dienone is 4. The minimum absolute atomic E-state index is 0.120. The topological polar surface area (TPSA) is 54.6 Å². The average Bonchev–Trinajstić information content (AvgIpc) is 3.15. The van der Waals surface area contributed by atoms with E-state index in [4.69, 9.17) is 4.74 Å². The molecular formula is C20H19NO3. The zero-order chi connectivity index (χ0) is 16.7.